The van der Waals surface area contributed by atoms with Gasteiger partial charge in [-0.15, -0.1) is 0 Å². The third-order valence-corrected chi connectivity index (χ3v) is 7.53. The lowest BCUT2D eigenvalue weighted by Crippen LogP contribution is -2.43. The van der Waals surface area contributed by atoms with Crippen LogP contribution in [-0.2, 0) is 4.43 Å². The quantitative estimate of drug-likeness (QED) is 0.495. The van der Waals surface area contributed by atoms with Crippen molar-refractivity contribution in [2.75, 3.05) is 0 Å². The molecule has 0 spiro atoms. The molecule has 13 heavy (non-hydrogen) atoms. The molecule has 1 unspecified atom stereocenters. The molecule has 1 atom stereocenters. The lowest BCUT2D eigenvalue weighted by molar-refractivity contribution is 0.232. The Kier molecular flexibility index (Phi) is 3.94. The highest BCUT2D eigenvalue weighted by Crippen LogP contribution is 2.37. The highest BCUT2D eigenvalue weighted by atomic mass is 28.4. The summed E-state index contributed by atoms with van der Waals surface area (Å²) in [6.07, 6.45) is 0.195. The van der Waals surface area contributed by atoms with E-state index in [0.717, 1.165) is 5.57 Å². The average Bonchev–Trinajstić information content (AvgIpc) is 1.83. The van der Waals surface area contributed by atoms with Crippen molar-refractivity contribution in [1.82, 2.24) is 0 Å². The summed E-state index contributed by atoms with van der Waals surface area (Å²) in [6, 6.07) is 0. The zero-order valence-corrected chi connectivity index (χ0v) is 11.2. The Labute approximate surface area is 84.3 Å². The van der Waals surface area contributed by atoms with E-state index >= 15 is 0 Å². The van der Waals surface area contributed by atoms with E-state index < -0.39 is 8.32 Å². The van der Waals surface area contributed by atoms with Crippen molar-refractivity contribution in [3.63, 3.8) is 0 Å². The first kappa shape index (κ1) is 12.9. The SMILES string of the molecule is C=C(C)C(C)O[Si](C)(C)C(C)(C)C. The van der Waals surface area contributed by atoms with Gasteiger partial charge < -0.3 is 4.43 Å². The summed E-state index contributed by atoms with van der Waals surface area (Å²) in [5, 5.41) is 0.288. The lowest BCUT2D eigenvalue weighted by Gasteiger charge is -2.38. The summed E-state index contributed by atoms with van der Waals surface area (Å²) in [4.78, 5) is 0. The first-order chi connectivity index (χ1) is 5.58. The molecule has 0 heterocycles. The van der Waals surface area contributed by atoms with Gasteiger partial charge in [0.25, 0.3) is 0 Å². The standard InChI is InChI=1S/C11H24OSi/c1-9(2)10(3)12-13(7,8)11(4,5)6/h10H,1H2,2-8H3. The summed E-state index contributed by atoms with van der Waals surface area (Å²) in [6.45, 7) is 19.3. The molecule has 0 radical (unpaired) electrons. The minimum atomic E-state index is -1.59. The summed E-state index contributed by atoms with van der Waals surface area (Å²) in [5.74, 6) is 0. The molecule has 0 fully saturated rings. The molecule has 0 aromatic carbocycles. The summed E-state index contributed by atoms with van der Waals surface area (Å²) >= 11 is 0. The molecule has 0 N–H and O–H groups in total. The van der Waals surface area contributed by atoms with Gasteiger partial charge in [-0.2, -0.15) is 0 Å². The minimum absolute atomic E-state index is 0.195. The molecule has 2 heteroatoms. The van der Waals surface area contributed by atoms with Gasteiger partial charge in [0.2, 0.25) is 0 Å². The van der Waals surface area contributed by atoms with Crippen LogP contribution in [-0.4, -0.2) is 14.4 Å². The van der Waals surface area contributed by atoms with Gasteiger partial charge in [0.1, 0.15) is 0 Å². The van der Waals surface area contributed by atoms with Gasteiger partial charge in [-0.05, 0) is 32.0 Å². The van der Waals surface area contributed by atoms with E-state index in [1.807, 2.05) is 6.92 Å². The molecule has 0 aromatic rings. The monoisotopic (exact) mass is 200 g/mol. The molecule has 0 rings (SSSR count). The van der Waals surface area contributed by atoms with Crippen LogP contribution in [0.1, 0.15) is 34.6 Å². The van der Waals surface area contributed by atoms with E-state index in [1.54, 1.807) is 0 Å². The van der Waals surface area contributed by atoms with Crippen LogP contribution in [0.5, 0.6) is 0 Å². The lowest BCUT2D eigenvalue weighted by atomic mass is 10.2. The van der Waals surface area contributed by atoms with Crippen molar-refractivity contribution in [3.05, 3.63) is 12.2 Å². The zero-order chi connectivity index (χ0) is 10.9. The largest absolute Gasteiger partial charge is 0.411 e. The van der Waals surface area contributed by atoms with Gasteiger partial charge >= 0.3 is 0 Å². The molecule has 0 bridgehead atoms. The second kappa shape index (κ2) is 3.97. The van der Waals surface area contributed by atoms with E-state index in [2.05, 4.69) is 47.4 Å². The van der Waals surface area contributed by atoms with Crippen molar-refractivity contribution >= 4 is 8.32 Å². The van der Waals surface area contributed by atoms with Crippen molar-refractivity contribution < 1.29 is 4.43 Å². The molecule has 78 valence electrons. The molecule has 0 aliphatic heterocycles. The van der Waals surface area contributed by atoms with Crippen molar-refractivity contribution in [2.45, 2.75) is 58.9 Å². The maximum absolute atomic E-state index is 6.10. The number of rotatable bonds is 3. The fourth-order valence-corrected chi connectivity index (χ4v) is 2.16. The van der Waals surface area contributed by atoms with Crippen LogP contribution < -0.4 is 0 Å². The normalized spacial score (nSPS) is 15.6. The van der Waals surface area contributed by atoms with E-state index in [4.69, 9.17) is 4.43 Å². The van der Waals surface area contributed by atoms with E-state index in [-0.39, 0.29) is 11.1 Å². The molecular formula is C11H24OSi. The van der Waals surface area contributed by atoms with E-state index in [1.165, 1.54) is 0 Å². The highest BCUT2D eigenvalue weighted by molar-refractivity contribution is 6.74. The van der Waals surface area contributed by atoms with Crippen molar-refractivity contribution in [2.24, 2.45) is 0 Å². The van der Waals surface area contributed by atoms with Crippen LogP contribution in [0.2, 0.25) is 18.1 Å². The average molecular weight is 200 g/mol. The Morgan fingerprint density at radius 2 is 1.69 bits per heavy atom. The van der Waals surface area contributed by atoms with Crippen LogP contribution in [0.25, 0.3) is 0 Å². The predicted molar refractivity (Wildman–Crippen MR) is 62.6 cm³/mol. The fraction of sp³-hybridized carbons (Fsp3) is 0.818. The summed E-state index contributed by atoms with van der Waals surface area (Å²) in [5.41, 5.74) is 1.12. The molecule has 0 saturated heterocycles. The van der Waals surface area contributed by atoms with E-state index in [0.29, 0.717) is 0 Å². The minimum Gasteiger partial charge on any atom is -0.411 e. The van der Waals surface area contributed by atoms with Gasteiger partial charge in [0, 0.05) is 0 Å². The van der Waals surface area contributed by atoms with Crippen LogP contribution in [0.3, 0.4) is 0 Å². The van der Waals surface area contributed by atoms with E-state index in [9.17, 15) is 0 Å². The molecule has 0 aliphatic carbocycles. The molecular weight excluding hydrogens is 176 g/mol. The Hall–Kier alpha value is -0.0831. The second-order valence-electron chi connectivity index (χ2n) is 5.37. The summed E-state index contributed by atoms with van der Waals surface area (Å²) < 4.78 is 6.10. The molecule has 0 saturated carbocycles. The second-order valence-corrected chi connectivity index (χ2v) is 10.1. The smallest absolute Gasteiger partial charge is 0.192 e. The zero-order valence-electron chi connectivity index (χ0n) is 10.2. The third-order valence-electron chi connectivity index (χ3n) is 2.97. The highest BCUT2D eigenvalue weighted by Gasteiger charge is 2.38. The Bertz CT molecular complexity index is 189. The number of hydrogen-bond donors (Lipinski definition) is 0. The molecule has 0 aromatic heterocycles. The first-order valence-electron chi connectivity index (χ1n) is 4.91. The van der Waals surface area contributed by atoms with Crippen LogP contribution >= 0.6 is 0 Å². The van der Waals surface area contributed by atoms with Gasteiger partial charge in [0.15, 0.2) is 8.32 Å². The predicted octanol–water partition coefficient (Wildman–Crippen LogP) is 3.97. The van der Waals surface area contributed by atoms with Gasteiger partial charge in [-0.25, -0.2) is 0 Å². The van der Waals surface area contributed by atoms with Crippen LogP contribution in [0, 0.1) is 0 Å². The number of hydrogen-bond acceptors (Lipinski definition) is 1. The third kappa shape index (κ3) is 3.65. The summed E-state index contributed by atoms with van der Waals surface area (Å²) in [7, 11) is -1.59. The van der Waals surface area contributed by atoms with Crippen molar-refractivity contribution in [3.8, 4) is 0 Å². The van der Waals surface area contributed by atoms with Crippen molar-refractivity contribution in [1.29, 1.82) is 0 Å². The Balaban J connectivity index is 4.43. The Morgan fingerprint density at radius 1 is 1.31 bits per heavy atom. The van der Waals surface area contributed by atoms with Gasteiger partial charge in [-0.3, -0.25) is 0 Å². The topological polar surface area (TPSA) is 9.23 Å². The maximum atomic E-state index is 6.10. The van der Waals surface area contributed by atoms with Crippen LogP contribution in [0.15, 0.2) is 12.2 Å². The maximum Gasteiger partial charge on any atom is 0.192 e. The van der Waals surface area contributed by atoms with Gasteiger partial charge in [0.05, 0.1) is 6.10 Å². The van der Waals surface area contributed by atoms with Gasteiger partial charge in [-0.1, -0.05) is 32.9 Å². The molecule has 1 nitrogen and oxygen atoms in total. The molecule has 0 amide bonds. The molecule has 0 aliphatic rings. The first-order valence-corrected chi connectivity index (χ1v) is 7.82. The Morgan fingerprint density at radius 3 is 1.92 bits per heavy atom. The van der Waals surface area contributed by atoms with Crippen LogP contribution in [0.4, 0.5) is 0 Å². The fourth-order valence-electron chi connectivity index (χ4n) is 0.719.